The Morgan fingerprint density at radius 2 is 2.24 bits per heavy atom. The summed E-state index contributed by atoms with van der Waals surface area (Å²) in [7, 11) is 1.72. The first-order valence-corrected chi connectivity index (χ1v) is 5.88. The maximum absolute atomic E-state index is 12.4. The number of alkyl halides is 2. The monoisotopic (exact) mass is 241 g/mol. The summed E-state index contributed by atoms with van der Waals surface area (Å²) < 4.78 is 24.8. The summed E-state index contributed by atoms with van der Waals surface area (Å²) in [5.41, 5.74) is 1.92. The van der Waals surface area contributed by atoms with Crippen LogP contribution in [0.1, 0.15) is 30.0 Å². The van der Waals surface area contributed by atoms with Crippen LogP contribution in [0.15, 0.2) is 18.2 Å². The molecule has 0 amide bonds. The van der Waals surface area contributed by atoms with E-state index in [9.17, 15) is 13.9 Å². The van der Waals surface area contributed by atoms with Crippen molar-refractivity contribution in [1.29, 1.82) is 0 Å². The number of phenols is 1. The molecule has 17 heavy (non-hydrogen) atoms. The van der Waals surface area contributed by atoms with E-state index >= 15 is 0 Å². The quantitative estimate of drug-likeness (QED) is 0.879. The van der Waals surface area contributed by atoms with Gasteiger partial charge in [-0.25, -0.2) is 8.78 Å². The van der Waals surface area contributed by atoms with Gasteiger partial charge in [0.2, 0.25) is 0 Å². The molecule has 1 aliphatic carbocycles. The number of aromatic hydroxyl groups is 1. The van der Waals surface area contributed by atoms with Crippen LogP contribution in [0.25, 0.3) is 0 Å². The molecule has 0 aliphatic heterocycles. The fourth-order valence-electron chi connectivity index (χ4n) is 2.61. The van der Waals surface area contributed by atoms with E-state index in [4.69, 9.17) is 0 Å². The summed E-state index contributed by atoms with van der Waals surface area (Å²) in [5, 5.41) is 9.77. The fourth-order valence-corrected chi connectivity index (χ4v) is 2.61. The Morgan fingerprint density at radius 3 is 2.94 bits per heavy atom. The molecule has 0 radical (unpaired) electrons. The average Bonchev–Trinajstić information content (AvgIpc) is 2.28. The minimum absolute atomic E-state index is 0.000139. The zero-order valence-electron chi connectivity index (χ0n) is 9.87. The van der Waals surface area contributed by atoms with Crippen LogP contribution in [0.4, 0.5) is 8.78 Å². The highest BCUT2D eigenvalue weighted by atomic mass is 19.3. The van der Waals surface area contributed by atoms with E-state index in [-0.39, 0.29) is 18.3 Å². The Morgan fingerprint density at radius 1 is 1.47 bits per heavy atom. The Hall–Kier alpha value is -1.16. The van der Waals surface area contributed by atoms with E-state index in [0.717, 1.165) is 30.4 Å². The molecule has 1 unspecified atom stereocenters. The van der Waals surface area contributed by atoms with E-state index in [1.807, 2.05) is 6.07 Å². The lowest BCUT2D eigenvalue weighted by molar-refractivity contribution is 0.0760. The van der Waals surface area contributed by atoms with E-state index < -0.39 is 6.43 Å². The van der Waals surface area contributed by atoms with Crippen LogP contribution in [-0.4, -0.2) is 30.0 Å². The molecular formula is C13H17F2NO. The van der Waals surface area contributed by atoms with Crippen LogP contribution in [0.5, 0.6) is 5.75 Å². The first kappa shape index (κ1) is 12.3. The fraction of sp³-hybridized carbons (Fsp3) is 0.538. The molecule has 1 atom stereocenters. The van der Waals surface area contributed by atoms with Crippen molar-refractivity contribution in [2.24, 2.45) is 0 Å². The molecule has 4 heteroatoms. The number of fused-ring (bicyclic) bond motifs is 1. The Bertz CT molecular complexity index is 395. The molecule has 2 rings (SSSR count). The van der Waals surface area contributed by atoms with Crippen molar-refractivity contribution in [2.45, 2.75) is 31.7 Å². The molecular weight excluding hydrogens is 224 g/mol. The van der Waals surface area contributed by atoms with Crippen LogP contribution in [0.3, 0.4) is 0 Å². The summed E-state index contributed by atoms with van der Waals surface area (Å²) in [6.45, 7) is -0.222. The summed E-state index contributed by atoms with van der Waals surface area (Å²) in [5.74, 6) is 0.289. The minimum Gasteiger partial charge on any atom is -0.508 e. The summed E-state index contributed by atoms with van der Waals surface area (Å²) in [4.78, 5) is 1.68. The maximum Gasteiger partial charge on any atom is 0.251 e. The Kier molecular flexibility index (Phi) is 3.62. The van der Waals surface area contributed by atoms with Crippen molar-refractivity contribution in [2.75, 3.05) is 13.6 Å². The van der Waals surface area contributed by atoms with E-state index in [1.165, 1.54) is 0 Å². The average molecular weight is 241 g/mol. The zero-order chi connectivity index (χ0) is 12.4. The third-order valence-electron chi connectivity index (χ3n) is 3.41. The molecule has 1 aliphatic rings. The van der Waals surface area contributed by atoms with Gasteiger partial charge in [0, 0.05) is 6.04 Å². The van der Waals surface area contributed by atoms with Crippen molar-refractivity contribution in [1.82, 2.24) is 4.90 Å². The maximum atomic E-state index is 12.4. The number of phenolic OH excluding ortho intramolecular Hbond substituents is 1. The van der Waals surface area contributed by atoms with Crippen LogP contribution in [0, 0.1) is 0 Å². The predicted octanol–water partition coefficient (Wildman–Crippen LogP) is 2.97. The highest BCUT2D eigenvalue weighted by Crippen LogP contribution is 2.37. The van der Waals surface area contributed by atoms with Gasteiger partial charge in [-0.1, -0.05) is 12.1 Å². The van der Waals surface area contributed by atoms with Gasteiger partial charge in [-0.2, -0.15) is 0 Å². The third kappa shape index (κ3) is 2.57. The molecule has 0 bridgehead atoms. The highest BCUT2D eigenvalue weighted by molar-refractivity contribution is 5.42. The van der Waals surface area contributed by atoms with Gasteiger partial charge < -0.3 is 5.11 Å². The SMILES string of the molecule is CN(CC(F)F)C1CCCc2c(O)cccc21. The number of hydrogen-bond donors (Lipinski definition) is 1. The van der Waals surface area contributed by atoms with Gasteiger partial charge in [0.15, 0.2) is 0 Å². The van der Waals surface area contributed by atoms with Crippen LogP contribution < -0.4 is 0 Å². The van der Waals surface area contributed by atoms with Gasteiger partial charge in [0.1, 0.15) is 5.75 Å². The van der Waals surface area contributed by atoms with Crippen molar-refractivity contribution >= 4 is 0 Å². The number of hydrogen-bond acceptors (Lipinski definition) is 2. The van der Waals surface area contributed by atoms with Crippen LogP contribution in [-0.2, 0) is 6.42 Å². The first-order chi connectivity index (χ1) is 8.09. The lowest BCUT2D eigenvalue weighted by Gasteiger charge is -2.33. The summed E-state index contributed by atoms with van der Waals surface area (Å²) in [6, 6.07) is 5.37. The lowest BCUT2D eigenvalue weighted by Crippen LogP contribution is -2.31. The number of benzene rings is 1. The third-order valence-corrected chi connectivity index (χ3v) is 3.41. The topological polar surface area (TPSA) is 23.5 Å². The molecule has 0 spiro atoms. The Labute approximate surface area is 99.9 Å². The van der Waals surface area contributed by atoms with E-state index in [2.05, 4.69) is 0 Å². The molecule has 2 nitrogen and oxygen atoms in total. The molecule has 0 heterocycles. The second-order valence-electron chi connectivity index (χ2n) is 4.58. The van der Waals surface area contributed by atoms with Crippen molar-refractivity contribution < 1.29 is 13.9 Å². The van der Waals surface area contributed by atoms with Crippen LogP contribution in [0.2, 0.25) is 0 Å². The normalized spacial score (nSPS) is 19.7. The van der Waals surface area contributed by atoms with Crippen molar-refractivity contribution in [3.8, 4) is 5.75 Å². The summed E-state index contributed by atoms with van der Waals surface area (Å²) in [6.07, 6.45) is 0.325. The molecule has 1 aromatic carbocycles. The Balaban J connectivity index is 2.25. The smallest absolute Gasteiger partial charge is 0.251 e. The van der Waals surface area contributed by atoms with Crippen molar-refractivity contribution in [3.05, 3.63) is 29.3 Å². The minimum atomic E-state index is -2.32. The largest absolute Gasteiger partial charge is 0.508 e. The molecule has 1 N–H and O–H groups in total. The molecule has 0 saturated carbocycles. The van der Waals surface area contributed by atoms with Crippen LogP contribution >= 0.6 is 0 Å². The second-order valence-corrected chi connectivity index (χ2v) is 4.58. The highest BCUT2D eigenvalue weighted by Gasteiger charge is 2.26. The van der Waals surface area contributed by atoms with Gasteiger partial charge in [-0.3, -0.25) is 4.90 Å². The van der Waals surface area contributed by atoms with Gasteiger partial charge >= 0.3 is 0 Å². The second kappa shape index (κ2) is 5.00. The zero-order valence-corrected chi connectivity index (χ0v) is 9.87. The van der Waals surface area contributed by atoms with Gasteiger partial charge in [0.05, 0.1) is 6.54 Å². The molecule has 0 fully saturated rings. The lowest BCUT2D eigenvalue weighted by atomic mass is 9.86. The van der Waals surface area contributed by atoms with Gasteiger partial charge in [-0.05, 0) is 43.5 Å². The molecule has 0 aromatic heterocycles. The number of nitrogens with zero attached hydrogens (tertiary/aromatic N) is 1. The predicted molar refractivity (Wildman–Crippen MR) is 62.4 cm³/mol. The van der Waals surface area contributed by atoms with Gasteiger partial charge in [-0.15, -0.1) is 0 Å². The molecule has 94 valence electrons. The number of halogens is 2. The molecule has 1 aromatic rings. The first-order valence-electron chi connectivity index (χ1n) is 5.88. The standard InChI is InChI=1S/C13H17F2NO/c1-16(8-13(14)15)11-6-2-5-10-9(11)4-3-7-12(10)17/h3-4,7,11,13,17H,2,5-6,8H2,1H3. The van der Waals surface area contributed by atoms with Gasteiger partial charge in [0.25, 0.3) is 6.43 Å². The van der Waals surface area contributed by atoms with E-state index in [1.54, 1.807) is 24.1 Å². The number of rotatable bonds is 3. The summed E-state index contributed by atoms with van der Waals surface area (Å²) >= 11 is 0. The van der Waals surface area contributed by atoms with Crippen molar-refractivity contribution in [3.63, 3.8) is 0 Å². The van der Waals surface area contributed by atoms with E-state index in [0.29, 0.717) is 0 Å². The molecule has 0 saturated heterocycles.